The molecule has 1 aliphatic carbocycles. The average Bonchev–Trinajstić information content (AvgIpc) is 3.00. The Hall–Kier alpha value is -1.71. The Labute approximate surface area is 93.3 Å². The Morgan fingerprint density at radius 1 is 1.56 bits per heavy atom. The molecule has 0 bridgehead atoms. The van der Waals surface area contributed by atoms with Crippen LogP contribution in [0.1, 0.15) is 31.6 Å². The molecule has 1 saturated carbocycles. The Morgan fingerprint density at radius 3 is 3.06 bits per heavy atom. The Balaban J connectivity index is 2.18. The van der Waals surface area contributed by atoms with Gasteiger partial charge in [-0.2, -0.15) is 0 Å². The van der Waals surface area contributed by atoms with E-state index in [9.17, 15) is 4.79 Å². The molecule has 0 radical (unpaired) electrons. The van der Waals surface area contributed by atoms with Gasteiger partial charge in [0.15, 0.2) is 0 Å². The summed E-state index contributed by atoms with van der Waals surface area (Å²) >= 11 is 0. The van der Waals surface area contributed by atoms with Gasteiger partial charge in [-0.05, 0) is 25.8 Å². The zero-order valence-corrected chi connectivity index (χ0v) is 9.18. The van der Waals surface area contributed by atoms with E-state index in [1.54, 1.807) is 19.3 Å². The van der Waals surface area contributed by atoms with Crippen LogP contribution in [0.3, 0.4) is 0 Å². The van der Waals surface area contributed by atoms with Crippen molar-refractivity contribution in [3.8, 4) is 0 Å². The van der Waals surface area contributed by atoms with Crippen LogP contribution >= 0.6 is 0 Å². The molecule has 0 amide bonds. The van der Waals surface area contributed by atoms with E-state index < -0.39 is 0 Å². The average molecular weight is 215 g/mol. The van der Waals surface area contributed by atoms with Crippen molar-refractivity contribution in [1.29, 1.82) is 0 Å². The number of carbonyl (C=O) groups excluding carboxylic acids is 1. The first-order valence-corrected chi connectivity index (χ1v) is 5.56. The second-order valence-electron chi connectivity index (χ2n) is 4.37. The minimum Gasteiger partial charge on any atom is -0.324 e. The summed E-state index contributed by atoms with van der Waals surface area (Å²) < 4.78 is 2.21. The first kappa shape index (κ1) is 9.51. The van der Waals surface area contributed by atoms with Crippen molar-refractivity contribution in [3.05, 3.63) is 24.3 Å². The molecule has 82 valence electrons. The molecule has 2 heterocycles. The summed E-state index contributed by atoms with van der Waals surface area (Å²) in [5.74, 6) is 1.04. The second-order valence-corrected chi connectivity index (χ2v) is 4.37. The van der Waals surface area contributed by atoms with Gasteiger partial charge in [0.2, 0.25) is 0 Å². The van der Waals surface area contributed by atoms with Crippen LogP contribution in [0.15, 0.2) is 18.5 Å². The third kappa shape index (κ3) is 1.50. The highest BCUT2D eigenvalue weighted by atomic mass is 16.1. The lowest BCUT2D eigenvalue weighted by atomic mass is 10.3. The smallest absolute Gasteiger partial charge is 0.137 e. The van der Waals surface area contributed by atoms with Gasteiger partial charge < -0.3 is 4.57 Å². The number of imidazole rings is 1. The molecule has 0 saturated heterocycles. The number of pyridine rings is 1. The van der Waals surface area contributed by atoms with Crippen LogP contribution in [0.25, 0.3) is 11.0 Å². The second kappa shape index (κ2) is 3.40. The third-order valence-corrected chi connectivity index (χ3v) is 2.88. The molecular formula is C12H13N3O. The monoisotopic (exact) mass is 215 g/mol. The van der Waals surface area contributed by atoms with Gasteiger partial charge in [-0.1, -0.05) is 0 Å². The number of aromatic nitrogens is 3. The molecule has 16 heavy (non-hydrogen) atoms. The summed E-state index contributed by atoms with van der Waals surface area (Å²) in [5.41, 5.74) is 2.00. The lowest BCUT2D eigenvalue weighted by molar-refractivity contribution is -0.116. The quantitative estimate of drug-likeness (QED) is 0.785. The summed E-state index contributed by atoms with van der Waals surface area (Å²) in [6, 6.07) is 2.52. The van der Waals surface area contributed by atoms with Crippen LogP contribution in [0.4, 0.5) is 0 Å². The first-order chi connectivity index (χ1) is 7.75. The van der Waals surface area contributed by atoms with Gasteiger partial charge in [-0.3, -0.25) is 9.78 Å². The number of nitrogens with zero attached hydrogens (tertiary/aromatic N) is 3. The van der Waals surface area contributed by atoms with E-state index in [2.05, 4.69) is 14.5 Å². The molecular weight excluding hydrogens is 202 g/mol. The number of ketones is 1. The van der Waals surface area contributed by atoms with Crippen molar-refractivity contribution in [2.75, 3.05) is 0 Å². The molecule has 0 atom stereocenters. The van der Waals surface area contributed by atoms with Crippen molar-refractivity contribution in [1.82, 2.24) is 14.5 Å². The lowest BCUT2D eigenvalue weighted by Crippen LogP contribution is -2.06. The highest BCUT2D eigenvalue weighted by Crippen LogP contribution is 2.38. The minimum atomic E-state index is 0.158. The molecule has 4 heteroatoms. The number of Topliss-reactive ketones (excluding diaryl/α,β-unsaturated/α-hetero) is 1. The molecule has 0 N–H and O–H groups in total. The van der Waals surface area contributed by atoms with Crippen LogP contribution in [0, 0.1) is 0 Å². The van der Waals surface area contributed by atoms with Gasteiger partial charge in [-0.25, -0.2) is 4.98 Å². The van der Waals surface area contributed by atoms with Crippen molar-refractivity contribution >= 4 is 16.8 Å². The van der Waals surface area contributed by atoms with Crippen LogP contribution in [-0.2, 0) is 11.2 Å². The summed E-state index contributed by atoms with van der Waals surface area (Å²) in [5, 5.41) is 0. The number of fused-ring (bicyclic) bond motifs is 1. The number of hydrogen-bond acceptors (Lipinski definition) is 3. The predicted molar refractivity (Wildman–Crippen MR) is 60.2 cm³/mol. The van der Waals surface area contributed by atoms with Crippen LogP contribution in [-0.4, -0.2) is 20.3 Å². The van der Waals surface area contributed by atoms with Crippen molar-refractivity contribution in [2.24, 2.45) is 0 Å². The minimum absolute atomic E-state index is 0.158. The summed E-state index contributed by atoms with van der Waals surface area (Å²) in [6.07, 6.45) is 6.35. The van der Waals surface area contributed by atoms with Gasteiger partial charge >= 0.3 is 0 Å². The van der Waals surface area contributed by atoms with E-state index in [-0.39, 0.29) is 5.78 Å². The van der Waals surface area contributed by atoms with Crippen LogP contribution < -0.4 is 0 Å². The van der Waals surface area contributed by atoms with E-state index in [1.807, 2.05) is 6.07 Å². The van der Waals surface area contributed by atoms with Crippen LogP contribution in [0.5, 0.6) is 0 Å². The molecule has 0 aliphatic heterocycles. The van der Waals surface area contributed by atoms with Gasteiger partial charge in [0.25, 0.3) is 0 Å². The van der Waals surface area contributed by atoms with Crippen molar-refractivity contribution < 1.29 is 4.79 Å². The topological polar surface area (TPSA) is 47.8 Å². The highest BCUT2D eigenvalue weighted by molar-refractivity contribution is 5.80. The third-order valence-electron chi connectivity index (χ3n) is 2.88. The fourth-order valence-corrected chi connectivity index (χ4v) is 2.09. The summed E-state index contributed by atoms with van der Waals surface area (Å²) in [7, 11) is 0. The zero-order chi connectivity index (χ0) is 11.1. The van der Waals surface area contributed by atoms with Gasteiger partial charge in [0.1, 0.15) is 17.1 Å². The normalized spacial score (nSPS) is 15.6. The fraction of sp³-hybridized carbons (Fsp3) is 0.417. The van der Waals surface area contributed by atoms with E-state index >= 15 is 0 Å². The van der Waals surface area contributed by atoms with E-state index in [1.165, 1.54) is 12.8 Å². The molecule has 3 rings (SSSR count). The first-order valence-electron chi connectivity index (χ1n) is 5.56. The molecule has 2 aromatic rings. The Morgan fingerprint density at radius 2 is 2.38 bits per heavy atom. The maximum Gasteiger partial charge on any atom is 0.137 e. The molecule has 0 aromatic carbocycles. The van der Waals surface area contributed by atoms with Crippen LogP contribution in [0.2, 0.25) is 0 Å². The number of carbonyl (C=O) groups is 1. The maximum absolute atomic E-state index is 11.2. The zero-order valence-electron chi connectivity index (χ0n) is 9.18. The summed E-state index contributed by atoms with van der Waals surface area (Å²) in [4.78, 5) is 19.8. The molecule has 0 unspecified atom stereocenters. The van der Waals surface area contributed by atoms with Gasteiger partial charge in [0.05, 0.1) is 18.1 Å². The molecule has 1 fully saturated rings. The number of hydrogen-bond donors (Lipinski definition) is 0. The van der Waals surface area contributed by atoms with Gasteiger partial charge in [0, 0.05) is 12.2 Å². The Kier molecular flexibility index (Phi) is 2.02. The SMILES string of the molecule is CC(=O)Cc1nc2cnccc2n1C1CC1. The fourth-order valence-electron chi connectivity index (χ4n) is 2.09. The maximum atomic E-state index is 11.2. The Bertz CT molecular complexity index is 554. The standard InChI is InChI=1S/C12H13N3O/c1-8(16)6-12-14-10-7-13-5-4-11(10)15(12)9-2-3-9/h4-5,7,9H,2-3,6H2,1H3. The van der Waals surface area contributed by atoms with E-state index in [4.69, 9.17) is 0 Å². The highest BCUT2D eigenvalue weighted by Gasteiger charge is 2.28. The van der Waals surface area contributed by atoms with Crippen molar-refractivity contribution in [2.45, 2.75) is 32.2 Å². The lowest BCUT2D eigenvalue weighted by Gasteiger charge is -2.05. The predicted octanol–water partition coefficient (Wildman–Crippen LogP) is 1.90. The van der Waals surface area contributed by atoms with E-state index in [0.29, 0.717) is 12.5 Å². The molecule has 1 aliphatic rings. The molecule has 4 nitrogen and oxygen atoms in total. The molecule has 2 aromatic heterocycles. The summed E-state index contributed by atoms with van der Waals surface area (Å²) in [6.45, 7) is 1.61. The number of rotatable bonds is 3. The van der Waals surface area contributed by atoms with Gasteiger partial charge in [-0.15, -0.1) is 0 Å². The van der Waals surface area contributed by atoms with Crippen molar-refractivity contribution in [3.63, 3.8) is 0 Å². The largest absolute Gasteiger partial charge is 0.324 e. The van der Waals surface area contributed by atoms with E-state index in [0.717, 1.165) is 16.9 Å². The molecule has 0 spiro atoms.